The van der Waals surface area contributed by atoms with E-state index in [1.807, 2.05) is 0 Å². The minimum Gasteiger partial charge on any atom is -0.493 e. The first kappa shape index (κ1) is 16.1. The Morgan fingerprint density at radius 1 is 1.13 bits per heavy atom. The Balaban J connectivity index is 2.07. The maximum absolute atomic E-state index is 5.53. The normalized spacial score (nSPS) is 24.6. The molecule has 0 bridgehead atoms. The van der Waals surface area contributed by atoms with E-state index in [-0.39, 0.29) is 0 Å². The van der Waals surface area contributed by atoms with Crippen LogP contribution in [0.2, 0.25) is 0 Å². The molecule has 2 aliphatic rings. The van der Waals surface area contributed by atoms with Crippen LogP contribution in [0.15, 0.2) is 35.4 Å². The van der Waals surface area contributed by atoms with Crippen LogP contribution in [0.25, 0.3) is 0 Å². The number of methoxy groups -OCH3 is 2. The zero-order valence-electron chi connectivity index (χ0n) is 14.8. The summed E-state index contributed by atoms with van der Waals surface area (Å²) >= 11 is 0. The van der Waals surface area contributed by atoms with Gasteiger partial charge in [0.2, 0.25) is 0 Å². The summed E-state index contributed by atoms with van der Waals surface area (Å²) in [5.74, 6) is 1.67. The molecule has 0 spiro atoms. The smallest absolute Gasteiger partial charge is 0.161 e. The summed E-state index contributed by atoms with van der Waals surface area (Å²) in [5, 5.41) is 0. The van der Waals surface area contributed by atoms with Crippen molar-refractivity contribution in [2.24, 2.45) is 0 Å². The Kier molecular flexibility index (Phi) is 4.49. The molecule has 1 aromatic rings. The molecule has 3 rings (SSSR count). The maximum Gasteiger partial charge on any atom is 0.161 e. The number of nitrogens with zero attached hydrogens (tertiary/aromatic N) is 1. The Morgan fingerprint density at radius 2 is 1.83 bits per heavy atom. The lowest BCUT2D eigenvalue weighted by Crippen LogP contribution is -2.45. The van der Waals surface area contributed by atoms with E-state index >= 15 is 0 Å². The van der Waals surface area contributed by atoms with Crippen molar-refractivity contribution in [3.05, 3.63) is 46.6 Å². The molecule has 124 valence electrons. The fraction of sp³-hybridized carbons (Fsp3) is 0.500. The summed E-state index contributed by atoms with van der Waals surface area (Å²) in [6.07, 6.45) is 6.56. The highest BCUT2D eigenvalue weighted by atomic mass is 16.5. The predicted molar refractivity (Wildman–Crippen MR) is 94.3 cm³/mol. The van der Waals surface area contributed by atoms with Gasteiger partial charge in [0.15, 0.2) is 11.5 Å². The summed E-state index contributed by atoms with van der Waals surface area (Å²) in [5.41, 5.74) is 5.77. The largest absolute Gasteiger partial charge is 0.493 e. The van der Waals surface area contributed by atoms with Crippen molar-refractivity contribution in [3.63, 3.8) is 0 Å². The average Bonchev–Trinajstić information content (AvgIpc) is 2.55. The van der Waals surface area contributed by atoms with Gasteiger partial charge < -0.3 is 9.47 Å². The zero-order valence-corrected chi connectivity index (χ0v) is 14.8. The van der Waals surface area contributed by atoms with Gasteiger partial charge in [0.05, 0.1) is 14.2 Å². The van der Waals surface area contributed by atoms with Crippen LogP contribution in [0.5, 0.6) is 11.5 Å². The number of hydrogen-bond acceptors (Lipinski definition) is 3. The first-order valence-corrected chi connectivity index (χ1v) is 8.40. The molecule has 0 saturated carbocycles. The molecule has 2 heterocycles. The molecule has 2 aliphatic heterocycles. The number of benzene rings is 1. The van der Waals surface area contributed by atoms with Crippen molar-refractivity contribution in [3.8, 4) is 11.5 Å². The van der Waals surface area contributed by atoms with Gasteiger partial charge in [-0.25, -0.2) is 0 Å². The molecule has 0 amide bonds. The molecule has 0 aromatic heterocycles. The molecular formula is C20H27NO2. The predicted octanol–water partition coefficient (Wildman–Crippen LogP) is 4.29. The molecule has 2 atom stereocenters. The second kappa shape index (κ2) is 6.40. The number of allylic oxidation sites excluding steroid dienone is 2. The van der Waals surface area contributed by atoms with Crippen molar-refractivity contribution >= 4 is 0 Å². The maximum atomic E-state index is 5.53. The summed E-state index contributed by atoms with van der Waals surface area (Å²) in [6, 6.07) is 5.34. The van der Waals surface area contributed by atoms with Gasteiger partial charge in [-0.2, -0.15) is 0 Å². The van der Waals surface area contributed by atoms with E-state index in [1.165, 1.54) is 22.3 Å². The molecule has 3 heteroatoms. The number of fused-ring (bicyclic) bond motifs is 3. The molecule has 1 aromatic carbocycles. The van der Waals surface area contributed by atoms with Crippen molar-refractivity contribution in [2.45, 2.75) is 45.7 Å². The Hall–Kier alpha value is -1.74. The van der Waals surface area contributed by atoms with Gasteiger partial charge in [-0.3, -0.25) is 4.90 Å². The monoisotopic (exact) mass is 313 g/mol. The van der Waals surface area contributed by atoms with E-state index in [1.54, 1.807) is 14.2 Å². The molecule has 0 N–H and O–H groups in total. The second-order valence-electron chi connectivity index (χ2n) is 6.66. The fourth-order valence-electron chi connectivity index (χ4n) is 4.01. The minimum atomic E-state index is 0.434. The van der Waals surface area contributed by atoms with E-state index in [4.69, 9.17) is 9.47 Å². The van der Waals surface area contributed by atoms with Gasteiger partial charge >= 0.3 is 0 Å². The number of hydrogen-bond donors (Lipinski definition) is 0. The number of ether oxygens (including phenoxy) is 2. The minimum absolute atomic E-state index is 0.434. The molecule has 23 heavy (non-hydrogen) atoms. The summed E-state index contributed by atoms with van der Waals surface area (Å²) in [7, 11) is 3.42. The first-order valence-electron chi connectivity index (χ1n) is 8.40. The topological polar surface area (TPSA) is 21.7 Å². The van der Waals surface area contributed by atoms with E-state index in [0.29, 0.717) is 12.1 Å². The third-order valence-electron chi connectivity index (χ3n) is 5.24. The zero-order chi connectivity index (χ0) is 16.6. The molecule has 0 radical (unpaired) electrons. The average molecular weight is 313 g/mol. The first-order chi connectivity index (χ1) is 11.1. The fourth-order valence-corrected chi connectivity index (χ4v) is 4.01. The number of rotatable bonds is 3. The Labute approximate surface area is 139 Å². The third kappa shape index (κ3) is 2.78. The van der Waals surface area contributed by atoms with Crippen LogP contribution < -0.4 is 9.47 Å². The lowest BCUT2D eigenvalue weighted by atomic mass is 9.81. The van der Waals surface area contributed by atoms with Crippen LogP contribution in [-0.2, 0) is 6.42 Å². The molecule has 3 nitrogen and oxygen atoms in total. The standard InChI is InChI=1S/C20H27NO2/c1-6-7-15-9-18-17-11-20(23-5)19(22-4)10-16(17)8-14(3)21(18)12-13(15)2/h6-7,10-11,14,18H,8-9,12H2,1-5H3. The summed E-state index contributed by atoms with van der Waals surface area (Å²) in [6.45, 7) is 7.75. The summed E-state index contributed by atoms with van der Waals surface area (Å²) < 4.78 is 11.0. The molecule has 0 fully saturated rings. The highest BCUT2D eigenvalue weighted by Crippen LogP contribution is 2.44. The SMILES string of the molecule is CC=CC1=C(C)CN2C(C)Cc3cc(OC)c(OC)cc3C2C1. The Bertz CT molecular complexity index is 660. The van der Waals surface area contributed by atoms with Gasteiger partial charge in [-0.1, -0.05) is 17.7 Å². The molecule has 0 aliphatic carbocycles. The van der Waals surface area contributed by atoms with Crippen LogP contribution in [0.1, 0.15) is 44.4 Å². The van der Waals surface area contributed by atoms with Crippen molar-refractivity contribution in [1.29, 1.82) is 0 Å². The van der Waals surface area contributed by atoms with Crippen LogP contribution in [-0.4, -0.2) is 31.7 Å². The van der Waals surface area contributed by atoms with Crippen LogP contribution in [0, 0.1) is 0 Å². The molecular weight excluding hydrogens is 286 g/mol. The van der Waals surface area contributed by atoms with Gasteiger partial charge in [0, 0.05) is 18.6 Å². The summed E-state index contributed by atoms with van der Waals surface area (Å²) in [4.78, 5) is 2.64. The van der Waals surface area contributed by atoms with Crippen molar-refractivity contribution in [1.82, 2.24) is 4.90 Å². The van der Waals surface area contributed by atoms with Gasteiger partial charge in [-0.05, 0) is 62.4 Å². The quantitative estimate of drug-likeness (QED) is 0.831. The lowest BCUT2D eigenvalue weighted by Gasteiger charge is -2.45. The Morgan fingerprint density at radius 3 is 2.48 bits per heavy atom. The van der Waals surface area contributed by atoms with Gasteiger partial charge in [-0.15, -0.1) is 0 Å². The molecule has 0 saturated heterocycles. The van der Waals surface area contributed by atoms with Crippen LogP contribution >= 0.6 is 0 Å². The van der Waals surface area contributed by atoms with E-state index in [9.17, 15) is 0 Å². The van der Waals surface area contributed by atoms with Gasteiger partial charge in [0.25, 0.3) is 0 Å². The highest BCUT2D eigenvalue weighted by molar-refractivity contribution is 5.51. The highest BCUT2D eigenvalue weighted by Gasteiger charge is 2.36. The van der Waals surface area contributed by atoms with Crippen LogP contribution in [0.3, 0.4) is 0 Å². The lowest BCUT2D eigenvalue weighted by molar-refractivity contribution is 0.130. The van der Waals surface area contributed by atoms with E-state index in [2.05, 4.69) is 50.0 Å². The second-order valence-corrected chi connectivity index (χ2v) is 6.66. The van der Waals surface area contributed by atoms with Crippen molar-refractivity contribution < 1.29 is 9.47 Å². The van der Waals surface area contributed by atoms with Crippen molar-refractivity contribution in [2.75, 3.05) is 20.8 Å². The third-order valence-corrected chi connectivity index (χ3v) is 5.24. The van der Waals surface area contributed by atoms with Crippen LogP contribution in [0.4, 0.5) is 0 Å². The molecule has 2 unspecified atom stereocenters. The van der Waals surface area contributed by atoms with E-state index < -0.39 is 0 Å². The van der Waals surface area contributed by atoms with Gasteiger partial charge in [0.1, 0.15) is 0 Å². The van der Waals surface area contributed by atoms with E-state index in [0.717, 1.165) is 30.9 Å².